The fourth-order valence-corrected chi connectivity index (χ4v) is 1.83. The van der Waals surface area contributed by atoms with Crippen LogP contribution in [0.5, 0.6) is 0 Å². The predicted molar refractivity (Wildman–Crippen MR) is 62.6 cm³/mol. The second-order valence-corrected chi connectivity index (χ2v) is 4.77. The van der Waals surface area contributed by atoms with Gasteiger partial charge in [-0.05, 0) is 37.8 Å². The van der Waals surface area contributed by atoms with E-state index in [0.717, 1.165) is 18.2 Å². The van der Waals surface area contributed by atoms with Gasteiger partial charge in [0.2, 0.25) is 0 Å². The Morgan fingerprint density at radius 3 is 2.87 bits per heavy atom. The fraction of sp³-hybridized carbons (Fsp3) is 0.615. The van der Waals surface area contributed by atoms with Gasteiger partial charge >= 0.3 is 0 Å². The maximum atomic E-state index is 4.29. The third-order valence-corrected chi connectivity index (χ3v) is 3.01. The number of hydrogen-bond donors (Lipinski definition) is 1. The number of aryl methyl sites for hydroxylation is 1. The minimum atomic E-state index is 0.638. The molecule has 1 unspecified atom stereocenters. The van der Waals surface area contributed by atoms with Gasteiger partial charge in [0.1, 0.15) is 0 Å². The van der Waals surface area contributed by atoms with Gasteiger partial charge < -0.3 is 5.32 Å². The molecule has 0 amide bonds. The van der Waals surface area contributed by atoms with Crippen LogP contribution in [0.2, 0.25) is 0 Å². The average molecular weight is 204 g/mol. The molecule has 1 aromatic heterocycles. The number of pyridine rings is 1. The zero-order valence-corrected chi connectivity index (χ0v) is 9.66. The summed E-state index contributed by atoms with van der Waals surface area (Å²) >= 11 is 0. The molecule has 1 aliphatic carbocycles. The van der Waals surface area contributed by atoms with Crippen molar-refractivity contribution in [3.05, 3.63) is 29.6 Å². The van der Waals surface area contributed by atoms with E-state index in [1.807, 2.05) is 13.1 Å². The molecule has 0 saturated heterocycles. The van der Waals surface area contributed by atoms with Gasteiger partial charge in [-0.1, -0.05) is 18.9 Å². The summed E-state index contributed by atoms with van der Waals surface area (Å²) < 4.78 is 0. The van der Waals surface area contributed by atoms with Crippen molar-refractivity contribution >= 4 is 0 Å². The Hall–Kier alpha value is -0.890. The standard InChI is InChI=1S/C13H20N2/c1-10-3-4-13(8-14-10)9-15-11(2)7-12-5-6-12/h3-4,8,11-12,15H,5-7,9H2,1-2H3. The summed E-state index contributed by atoms with van der Waals surface area (Å²) in [5.74, 6) is 1.00. The molecule has 1 saturated carbocycles. The number of aromatic nitrogens is 1. The summed E-state index contributed by atoms with van der Waals surface area (Å²) in [6.07, 6.45) is 6.18. The van der Waals surface area contributed by atoms with Crippen LogP contribution in [0, 0.1) is 12.8 Å². The van der Waals surface area contributed by atoms with Gasteiger partial charge in [-0.25, -0.2) is 0 Å². The normalized spacial score (nSPS) is 17.7. The zero-order chi connectivity index (χ0) is 10.7. The lowest BCUT2D eigenvalue weighted by Gasteiger charge is -2.12. The zero-order valence-electron chi connectivity index (χ0n) is 9.66. The second kappa shape index (κ2) is 4.75. The Bertz CT molecular complexity index is 301. The molecule has 1 N–H and O–H groups in total. The van der Waals surface area contributed by atoms with Crippen LogP contribution < -0.4 is 5.32 Å². The van der Waals surface area contributed by atoms with Crippen LogP contribution in [-0.4, -0.2) is 11.0 Å². The number of rotatable bonds is 5. The molecule has 0 bridgehead atoms. The van der Waals surface area contributed by atoms with Crippen molar-refractivity contribution in [1.82, 2.24) is 10.3 Å². The highest BCUT2D eigenvalue weighted by Gasteiger charge is 2.23. The SMILES string of the molecule is Cc1ccc(CNC(C)CC2CC2)cn1. The summed E-state index contributed by atoms with van der Waals surface area (Å²) in [4.78, 5) is 4.29. The summed E-state index contributed by atoms with van der Waals surface area (Å²) in [5.41, 5.74) is 2.37. The highest BCUT2D eigenvalue weighted by molar-refractivity contribution is 5.12. The van der Waals surface area contributed by atoms with E-state index in [1.165, 1.54) is 24.8 Å². The number of nitrogens with one attached hydrogen (secondary N) is 1. The van der Waals surface area contributed by atoms with Gasteiger partial charge in [0.15, 0.2) is 0 Å². The van der Waals surface area contributed by atoms with Gasteiger partial charge in [-0.15, -0.1) is 0 Å². The van der Waals surface area contributed by atoms with Crippen molar-refractivity contribution in [2.45, 2.75) is 45.7 Å². The topological polar surface area (TPSA) is 24.9 Å². The van der Waals surface area contributed by atoms with E-state index in [-0.39, 0.29) is 0 Å². The Kier molecular flexibility index (Phi) is 3.37. The molecule has 0 aliphatic heterocycles. The third-order valence-electron chi connectivity index (χ3n) is 3.01. The number of hydrogen-bond acceptors (Lipinski definition) is 2. The highest BCUT2D eigenvalue weighted by atomic mass is 14.9. The first kappa shape index (κ1) is 10.6. The first-order valence-electron chi connectivity index (χ1n) is 5.89. The van der Waals surface area contributed by atoms with Crippen molar-refractivity contribution in [2.75, 3.05) is 0 Å². The minimum absolute atomic E-state index is 0.638. The van der Waals surface area contributed by atoms with E-state index in [0.29, 0.717) is 6.04 Å². The molecule has 2 nitrogen and oxygen atoms in total. The molecule has 1 aliphatic rings. The first-order valence-corrected chi connectivity index (χ1v) is 5.89. The Morgan fingerprint density at radius 2 is 2.27 bits per heavy atom. The molecule has 1 heterocycles. The molecule has 1 aromatic rings. The van der Waals surface area contributed by atoms with Crippen molar-refractivity contribution in [2.24, 2.45) is 5.92 Å². The summed E-state index contributed by atoms with van der Waals surface area (Å²) in [7, 11) is 0. The van der Waals surface area contributed by atoms with Gasteiger partial charge in [0, 0.05) is 24.5 Å². The molecule has 0 radical (unpaired) electrons. The lowest BCUT2D eigenvalue weighted by atomic mass is 10.1. The molecular formula is C13H20N2. The molecule has 1 fully saturated rings. The fourth-order valence-electron chi connectivity index (χ4n) is 1.83. The lowest BCUT2D eigenvalue weighted by Crippen LogP contribution is -2.25. The van der Waals surface area contributed by atoms with E-state index in [4.69, 9.17) is 0 Å². The smallest absolute Gasteiger partial charge is 0.0372 e. The molecule has 0 spiro atoms. The molecule has 2 heteroatoms. The van der Waals surface area contributed by atoms with Crippen LogP contribution in [0.25, 0.3) is 0 Å². The Morgan fingerprint density at radius 1 is 1.47 bits per heavy atom. The predicted octanol–water partition coefficient (Wildman–Crippen LogP) is 2.67. The lowest BCUT2D eigenvalue weighted by molar-refractivity contribution is 0.487. The van der Waals surface area contributed by atoms with E-state index >= 15 is 0 Å². The largest absolute Gasteiger partial charge is 0.310 e. The molecule has 82 valence electrons. The number of nitrogens with zero attached hydrogens (tertiary/aromatic N) is 1. The van der Waals surface area contributed by atoms with E-state index in [1.54, 1.807) is 0 Å². The van der Waals surface area contributed by atoms with Crippen LogP contribution in [0.1, 0.15) is 37.4 Å². The maximum absolute atomic E-state index is 4.29. The van der Waals surface area contributed by atoms with Gasteiger partial charge in [-0.3, -0.25) is 4.98 Å². The van der Waals surface area contributed by atoms with Gasteiger partial charge in [0.05, 0.1) is 0 Å². The Balaban J connectivity index is 1.74. The Labute approximate surface area is 92.1 Å². The van der Waals surface area contributed by atoms with Crippen molar-refractivity contribution in [1.29, 1.82) is 0 Å². The van der Waals surface area contributed by atoms with Gasteiger partial charge in [-0.2, -0.15) is 0 Å². The van der Waals surface area contributed by atoms with E-state index in [2.05, 4.69) is 29.4 Å². The average Bonchev–Trinajstić information content (AvgIpc) is 3.01. The van der Waals surface area contributed by atoms with Crippen LogP contribution in [0.15, 0.2) is 18.3 Å². The summed E-state index contributed by atoms with van der Waals surface area (Å²) in [6, 6.07) is 4.86. The molecule has 1 atom stereocenters. The van der Waals surface area contributed by atoms with E-state index in [9.17, 15) is 0 Å². The van der Waals surface area contributed by atoms with Crippen molar-refractivity contribution < 1.29 is 0 Å². The summed E-state index contributed by atoms with van der Waals surface area (Å²) in [6.45, 7) is 5.24. The third kappa shape index (κ3) is 3.63. The molecule has 15 heavy (non-hydrogen) atoms. The first-order chi connectivity index (χ1) is 7.24. The highest BCUT2D eigenvalue weighted by Crippen LogP contribution is 2.33. The van der Waals surface area contributed by atoms with Crippen molar-refractivity contribution in [3.63, 3.8) is 0 Å². The van der Waals surface area contributed by atoms with Crippen LogP contribution in [0.4, 0.5) is 0 Å². The molecular weight excluding hydrogens is 184 g/mol. The quantitative estimate of drug-likeness (QED) is 0.797. The van der Waals surface area contributed by atoms with Gasteiger partial charge in [0.25, 0.3) is 0 Å². The molecule has 0 aromatic carbocycles. The molecule has 2 rings (SSSR count). The van der Waals surface area contributed by atoms with Crippen LogP contribution in [0.3, 0.4) is 0 Å². The minimum Gasteiger partial charge on any atom is -0.310 e. The van der Waals surface area contributed by atoms with Crippen LogP contribution in [-0.2, 0) is 6.54 Å². The van der Waals surface area contributed by atoms with E-state index < -0.39 is 0 Å². The summed E-state index contributed by atoms with van der Waals surface area (Å²) in [5, 5.41) is 3.55. The van der Waals surface area contributed by atoms with Crippen molar-refractivity contribution in [3.8, 4) is 0 Å². The second-order valence-electron chi connectivity index (χ2n) is 4.77. The maximum Gasteiger partial charge on any atom is 0.0372 e. The monoisotopic (exact) mass is 204 g/mol. The van der Waals surface area contributed by atoms with Crippen LogP contribution >= 0.6 is 0 Å².